The predicted octanol–water partition coefficient (Wildman–Crippen LogP) is 5.97. The highest BCUT2D eigenvalue weighted by Crippen LogP contribution is 2.37. The van der Waals surface area contributed by atoms with Crippen LogP contribution in [0.4, 0.5) is 24.5 Å². The van der Waals surface area contributed by atoms with Gasteiger partial charge in [0.25, 0.3) is 0 Å². The van der Waals surface area contributed by atoms with E-state index in [9.17, 15) is 22.8 Å². The summed E-state index contributed by atoms with van der Waals surface area (Å²) in [4.78, 5) is 32.9. The summed E-state index contributed by atoms with van der Waals surface area (Å²) in [7, 11) is 1.79. The number of fused-ring (bicyclic) bond motifs is 1. The van der Waals surface area contributed by atoms with Gasteiger partial charge in [0.15, 0.2) is 0 Å². The lowest BCUT2D eigenvalue weighted by Crippen LogP contribution is -2.50. The Hall–Kier alpha value is -3.33. The summed E-state index contributed by atoms with van der Waals surface area (Å²) in [6.07, 6.45) is -1.02. The number of hydrogen-bond donors (Lipinski definition) is 1. The molecule has 2 heterocycles. The van der Waals surface area contributed by atoms with Gasteiger partial charge in [-0.2, -0.15) is 13.2 Å². The SMILES string of the molecule is CN(c1cc(C(F)(F)F)nc2ccc(Cl)cc12)[C@H]1CC[C@@H](NC(=O)C2CCC(=O)N2c2ccccc2)CC1. The summed E-state index contributed by atoms with van der Waals surface area (Å²) in [5, 5.41) is 4.11. The van der Waals surface area contributed by atoms with E-state index in [1.54, 1.807) is 18.0 Å². The molecule has 1 atom stereocenters. The monoisotopic (exact) mass is 544 g/mol. The predicted molar refractivity (Wildman–Crippen MR) is 141 cm³/mol. The fraction of sp³-hybridized carbons (Fsp3) is 0.393. The molecule has 0 radical (unpaired) electrons. The van der Waals surface area contributed by atoms with E-state index in [1.165, 1.54) is 12.1 Å². The topological polar surface area (TPSA) is 65.5 Å². The van der Waals surface area contributed by atoms with E-state index >= 15 is 0 Å². The lowest BCUT2D eigenvalue weighted by molar-refractivity contribution is -0.141. The molecule has 1 aromatic heterocycles. The molecule has 1 unspecified atom stereocenters. The van der Waals surface area contributed by atoms with E-state index in [-0.39, 0.29) is 29.4 Å². The Bertz CT molecular complexity index is 1340. The number of benzene rings is 2. The van der Waals surface area contributed by atoms with Gasteiger partial charge in [-0.3, -0.25) is 14.5 Å². The minimum atomic E-state index is -4.57. The molecule has 38 heavy (non-hydrogen) atoms. The smallest absolute Gasteiger partial charge is 0.371 e. The molecule has 2 aliphatic rings. The first kappa shape index (κ1) is 26.3. The van der Waals surface area contributed by atoms with Crippen LogP contribution < -0.4 is 15.1 Å². The summed E-state index contributed by atoms with van der Waals surface area (Å²) in [5.41, 5.74) is 0.439. The van der Waals surface area contributed by atoms with Crippen LogP contribution in [0.2, 0.25) is 5.02 Å². The normalized spacial score (nSPS) is 22.1. The largest absolute Gasteiger partial charge is 0.433 e. The van der Waals surface area contributed by atoms with Crippen LogP contribution in [0.1, 0.15) is 44.2 Å². The zero-order valence-corrected chi connectivity index (χ0v) is 21.6. The molecule has 2 aromatic carbocycles. The van der Waals surface area contributed by atoms with Crippen molar-refractivity contribution in [3.05, 3.63) is 65.3 Å². The maximum Gasteiger partial charge on any atom is 0.433 e. The number of nitrogens with one attached hydrogen (secondary N) is 1. The van der Waals surface area contributed by atoms with Gasteiger partial charge in [0.1, 0.15) is 11.7 Å². The Morgan fingerprint density at radius 1 is 1.05 bits per heavy atom. The fourth-order valence-corrected chi connectivity index (χ4v) is 5.74. The van der Waals surface area contributed by atoms with Crippen molar-refractivity contribution in [3.63, 3.8) is 0 Å². The van der Waals surface area contributed by atoms with Crippen LogP contribution in [0.3, 0.4) is 0 Å². The quantitative estimate of drug-likeness (QED) is 0.430. The molecule has 6 nitrogen and oxygen atoms in total. The van der Waals surface area contributed by atoms with Gasteiger partial charge in [-0.1, -0.05) is 29.8 Å². The third-order valence-corrected chi connectivity index (χ3v) is 7.79. The Balaban J connectivity index is 1.27. The second kappa shape index (κ2) is 10.4. The number of halogens is 4. The zero-order chi connectivity index (χ0) is 27.0. The third kappa shape index (κ3) is 5.29. The first-order chi connectivity index (χ1) is 18.1. The Morgan fingerprint density at radius 3 is 2.45 bits per heavy atom. The summed E-state index contributed by atoms with van der Waals surface area (Å²) >= 11 is 6.16. The molecule has 1 N–H and O–H groups in total. The highest BCUT2D eigenvalue weighted by atomic mass is 35.5. The minimum Gasteiger partial charge on any atom is -0.371 e. The summed E-state index contributed by atoms with van der Waals surface area (Å²) < 4.78 is 40.7. The Labute approximate surface area is 223 Å². The van der Waals surface area contributed by atoms with Gasteiger partial charge in [0.05, 0.1) is 5.52 Å². The molecule has 2 amide bonds. The second-order valence-electron chi connectivity index (χ2n) is 9.96. The van der Waals surface area contributed by atoms with Crippen LogP contribution in [-0.2, 0) is 15.8 Å². The van der Waals surface area contributed by atoms with Crippen LogP contribution in [0.15, 0.2) is 54.6 Å². The van der Waals surface area contributed by atoms with Crippen molar-refractivity contribution in [1.82, 2.24) is 10.3 Å². The number of anilines is 2. The lowest BCUT2D eigenvalue weighted by atomic mass is 9.89. The first-order valence-corrected chi connectivity index (χ1v) is 13.1. The molecule has 1 saturated heterocycles. The van der Waals surface area contributed by atoms with Crippen molar-refractivity contribution in [1.29, 1.82) is 0 Å². The zero-order valence-electron chi connectivity index (χ0n) is 20.8. The van der Waals surface area contributed by atoms with E-state index in [2.05, 4.69) is 10.3 Å². The molecule has 5 rings (SSSR count). The average Bonchev–Trinajstić information content (AvgIpc) is 3.29. The van der Waals surface area contributed by atoms with Crippen molar-refractivity contribution in [3.8, 4) is 0 Å². The summed E-state index contributed by atoms with van der Waals surface area (Å²) in [6, 6.07) is 14.3. The third-order valence-electron chi connectivity index (χ3n) is 7.56. The molecule has 2 fully saturated rings. The highest BCUT2D eigenvalue weighted by molar-refractivity contribution is 6.31. The standard InChI is InChI=1S/C28H28ClF3N4O2/c1-35(24-16-25(28(30,31)32)34-22-12-7-17(29)15-21(22)24)19-10-8-18(9-11-19)33-27(38)23-13-14-26(37)36(23)20-5-3-2-4-6-20/h2-7,12,15-16,18-19,23H,8-11,13-14H2,1H3,(H,33,38)/t18-,19+,23?. The van der Waals surface area contributed by atoms with Crippen molar-refractivity contribution >= 4 is 45.7 Å². The van der Waals surface area contributed by atoms with Crippen molar-refractivity contribution in [2.24, 2.45) is 0 Å². The van der Waals surface area contributed by atoms with E-state index in [4.69, 9.17) is 11.6 Å². The molecule has 0 bridgehead atoms. The number of pyridine rings is 1. The van der Waals surface area contributed by atoms with Gasteiger partial charge in [-0.15, -0.1) is 0 Å². The van der Waals surface area contributed by atoms with Gasteiger partial charge in [-0.05, 0) is 68.5 Å². The number of rotatable bonds is 5. The molecule has 1 saturated carbocycles. The van der Waals surface area contributed by atoms with Gasteiger partial charge in [-0.25, -0.2) is 4.98 Å². The van der Waals surface area contributed by atoms with Gasteiger partial charge in [0, 0.05) is 47.3 Å². The van der Waals surface area contributed by atoms with E-state index in [0.29, 0.717) is 60.3 Å². The molecule has 3 aromatic rings. The van der Waals surface area contributed by atoms with Gasteiger partial charge >= 0.3 is 6.18 Å². The highest BCUT2D eigenvalue weighted by Gasteiger charge is 2.38. The van der Waals surface area contributed by atoms with E-state index in [1.807, 2.05) is 35.2 Å². The van der Waals surface area contributed by atoms with Crippen molar-refractivity contribution < 1.29 is 22.8 Å². The van der Waals surface area contributed by atoms with Crippen LogP contribution >= 0.6 is 11.6 Å². The van der Waals surface area contributed by atoms with Crippen molar-refractivity contribution in [2.45, 2.75) is 62.8 Å². The summed E-state index contributed by atoms with van der Waals surface area (Å²) in [5.74, 6) is -0.231. The van der Waals surface area contributed by atoms with E-state index in [0.717, 1.165) is 6.07 Å². The Kier molecular flexibility index (Phi) is 7.22. The molecule has 10 heteroatoms. The molecular formula is C28H28ClF3N4O2. The number of para-hydroxylation sites is 1. The molecule has 1 aliphatic heterocycles. The van der Waals surface area contributed by atoms with Gasteiger partial charge in [0.2, 0.25) is 11.8 Å². The second-order valence-corrected chi connectivity index (χ2v) is 10.4. The summed E-state index contributed by atoms with van der Waals surface area (Å²) in [6.45, 7) is 0. The first-order valence-electron chi connectivity index (χ1n) is 12.7. The number of amides is 2. The number of carbonyl (C=O) groups is 2. The number of hydrogen-bond acceptors (Lipinski definition) is 4. The average molecular weight is 545 g/mol. The number of alkyl halides is 3. The van der Waals surface area contributed by atoms with E-state index < -0.39 is 17.9 Å². The molecule has 200 valence electrons. The van der Waals surface area contributed by atoms with Crippen molar-refractivity contribution in [2.75, 3.05) is 16.8 Å². The van der Waals surface area contributed by atoms with Gasteiger partial charge < -0.3 is 10.2 Å². The van der Waals surface area contributed by atoms with Crippen LogP contribution in [0.25, 0.3) is 10.9 Å². The van der Waals surface area contributed by atoms with Crippen LogP contribution in [0.5, 0.6) is 0 Å². The number of nitrogens with zero attached hydrogens (tertiary/aromatic N) is 3. The number of aromatic nitrogens is 1. The molecule has 1 aliphatic carbocycles. The number of carbonyl (C=O) groups excluding carboxylic acids is 2. The maximum absolute atomic E-state index is 13.6. The maximum atomic E-state index is 13.6. The van der Waals surface area contributed by atoms with Crippen LogP contribution in [0, 0.1) is 0 Å². The Morgan fingerprint density at radius 2 is 1.76 bits per heavy atom. The van der Waals surface area contributed by atoms with Crippen LogP contribution in [-0.4, -0.2) is 42.0 Å². The molecular weight excluding hydrogens is 517 g/mol. The fourth-order valence-electron chi connectivity index (χ4n) is 5.56. The minimum absolute atomic E-state index is 0.0114. The molecule has 0 spiro atoms. The lowest BCUT2D eigenvalue weighted by Gasteiger charge is -2.37.